The van der Waals surface area contributed by atoms with Gasteiger partial charge in [0.25, 0.3) is 5.92 Å². The number of alkyl halides is 2. The Bertz CT molecular complexity index is 732. The van der Waals surface area contributed by atoms with E-state index in [2.05, 4.69) is 31.2 Å². The van der Waals surface area contributed by atoms with E-state index in [1.807, 2.05) is 0 Å². The Kier molecular flexibility index (Phi) is 5.66. The molecule has 0 unspecified atom stereocenters. The van der Waals surface area contributed by atoms with Crippen molar-refractivity contribution in [2.75, 3.05) is 11.9 Å². The van der Waals surface area contributed by atoms with Crippen LogP contribution in [0.1, 0.15) is 12.5 Å². The summed E-state index contributed by atoms with van der Waals surface area (Å²) in [4.78, 5) is 7.82. The number of benzene rings is 1. The summed E-state index contributed by atoms with van der Waals surface area (Å²) in [5, 5.41) is 2.71. The van der Waals surface area contributed by atoms with Crippen molar-refractivity contribution in [1.29, 1.82) is 0 Å². The molecule has 5 nitrogen and oxygen atoms in total. The molecule has 0 aliphatic carbocycles. The highest BCUT2D eigenvalue weighted by atomic mass is 79.9. The zero-order valence-electron chi connectivity index (χ0n) is 12.6. The van der Waals surface area contributed by atoms with Crippen molar-refractivity contribution in [2.45, 2.75) is 12.8 Å². The van der Waals surface area contributed by atoms with E-state index < -0.39 is 17.3 Å². The minimum absolute atomic E-state index is 0.00732. The first-order valence-corrected chi connectivity index (χ1v) is 7.54. The van der Waals surface area contributed by atoms with Crippen LogP contribution >= 0.6 is 15.9 Å². The number of aromatic nitrogens is 2. The Morgan fingerprint density at radius 3 is 2.67 bits per heavy atom. The Morgan fingerprint density at radius 2 is 2.04 bits per heavy atom. The number of ether oxygens (including phenoxy) is 1. The minimum atomic E-state index is -3.28. The maximum atomic E-state index is 13.4. The van der Waals surface area contributed by atoms with Crippen LogP contribution in [0, 0.1) is 5.82 Å². The quantitative estimate of drug-likeness (QED) is 0.768. The van der Waals surface area contributed by atoms with Crippen LogP contribution in [0.4, 0.5) is 18.9 Å². The normalized spacial score (nSPS) is 12.1. The van der Waals surface area contributed by atoms with Crippen molar-refractivity contribution in [3.63, 3.8) is 0 Å². The fraction of sp³-hybridized carbons (Fsp3) is 0.200. The fourth-order valence-electron chi connectivity index (χ4n) is 1.69. The van der Waals surface area contributed by atoms with E-state index in [9.17, 15) is 13.2 Å². The van der Waals surface area contributed by atoms with Gasteiger partial charge in [-0.2, -0.15) is 0 Å². The van der Waals surface area contributed by atoms with Gasteiger partial charge in [0.2, 0.25) is 0 Å². The van der Waals surface area contributed by atoms with Crippen LogP contribution in [0.15, 0.2) is 47.0 Å². The standard InChI is InChI=1S/C15H14BrF3N4O/c1-15(18,19)12-4-11(2-3-13(12)17)21-7-10(20)8-24-14-22-5-9(16)6-23-14/h2-7,21H,8,20H2,1H3/b10-7-. The lowest BCUT2D eigenvalue weighted by Gasteiger charge is -2.13. The van der Waals surface area contributed by atoms with Gasteiger partial charge in [-0.25, -0.2) is 23.1 Å². The number of anilines is 1. The average molecular weight is 403 g/mol. The topological polar surface area (TPSA) is 73.1 Å². The summed E-state index contributed by atoms with van der Waals surface area (Å²) in [6.45, 7) is 0.623. The van der Waals surface area contributed by atoms with Crippen molar-refractivity contribution in [2.24, 2.45) is 5.73 Å². The summed E-state index contributed by atoms with van der Waals surface area (Å²) in [6, 6.07) is 3.46. The lowest BCUT2D eigenvalue weighted by Crippen LogP contribution is -2.13. The summed E-state index contributed by atoms with van der Waals surface area (Å²) in [6.07, 6.45) is 4.40. The average Bonchev–Trinajstić information content (AvgIpc) is 2.52. The number of nitrogens with one attached hydrogen (secondary N) is 1. The van der Waals surface area contributed by atoms with Crippen molar-refractivity contribution in [3.8, 4) is 6.01 Å². The second kappa shape index (κ2) is 7.52. The van der Waals surface area contributed by atoms with E-state index in [1.54, 1.807) is 0 Å². The largest absolute Gasteiger partial charge is 0.457 e. The maximum Gasteiger partial charge on any atom is 0.316 e. The van der Waals surface area contributed by atoms with Gasteiger partial charge in [-0.15, -0.1) is 0 Å². The van der Waals surface area contributed by atoms with Gasteiger partial charge in [0, 0.05) is 31.2 Å². The molecule has 0 spiro atoms. The lowest BCUT2D eigenvalue weighted by atomic mass is 10.1. The van der Waals surface area contributed by atoms with Crippen LogP contribution in [0.25, 0.3) is 0 Å². The van der Waals surface area contributed by atoms with E-state index in [1.165, 1.54) is 24.7 Å². The number of hydrogen-bond donors (Lipinski definition) is 2. The van der Waals surface area contributed by atoms with Crippen molar-refractivity contribution in [3.05, 3.63) is 58.3 Å². The maximum absolute atomic E-state index is 13.4. The smallest absolute Gasteiger partial charge is 0.316 e. The molecular formula is C15H14BrF3N4O. The van der Waals surface area contributed by atoms with E-state index in [0.29, 0.717) is 11.4 Å². The van der Waals surface area contributed by atoms with Crippen LogP contribution in [0.2, 0.25) is 0 Å². The number of nitrogens with two attached hydrogens (primary N) is 1. The number of rotatable bonds is 6. The van der Waals surface area contributed by atoms with E-state index in [-0.39, 0.29) is 24.0 Å². The zero-order chi connectivity index (χ0) is 17.7. The second-order valence-corrected chi connectivity index (χ2v) is 5.83. The van der Waals surface area contributed by atoms with Crippen molar-refractivity contribution in [1.82, 2.24) is 9.97 Å². The molecule has 0 amide bonds. The molecule has 0 aliphatic heterocycles. The third kappa shape index (κ3) is 5.12. The molecule has 0 bridgehead atoms. The molecule has 9 heteroatoms. The van der Waals surface area contributed by atoms with Gasteiger partial charge < -0.3 is 15.8 Å². The Hall–Kier alpha value is -2.29. The fourth-order valence-corrected chi connectivity index (χ4v) is 1.90. The lowest BCUT2D eigenvalue weighted by molar-refractivity contribution is 0.0138. The summed E-state index contributed by atoms with van der Waals surface area (Å²) < 4.78 is 45.9. The summed E-state index contributed by atoms with van der Waals surface area (Å²) in [5.41, 5.74) is 5.59. The molecule has 0 atom stereocenters. The molecule has 1 aromatic carbocycles. The molecule has 1 aromatic heterocycles. The molecule has 0 aliphatic rings. The highest BCUT2D eigenvalue weighted by Crippen LogP contribution is 2.31. The molecule has 0 saturated carbocycles. The molecule has 0 radical (unpaired) electrons. The van der Waals surface area contributed by atoms with Crippen LogP contribution < -0.4 is 15.8 Å². The highest BCUT2D eigenvalue weighted by Gasteiger charge is 2.28. The molecule has 1 heterocycles. The predicted molar refractivity (Wildman–Crippen MR) is 87.1 cm³/mol. The first-order valence-electron chi connectivity index (χ1n) is 6.75. The zero-order valence-corrected chi connectivity index (χ0v) is 14.1. The Labute approximate surface area is 144 Å². The van der Waals surface area contributed by atoms with E-state index >= 15 is 0 Å². The molecule has 2 aromatic rings. The molecule has 24 heavy (non-hydrogen) atoms. The van der Waals surface area contributed by atoms with Gasteiger partial charge in [-0.05, 0) is 34.1 Å². The number of halogens is 4. The van der Waals surface area contributed by atoms with Gasteiger partial charge in [-0.1, -0.05) is 0 Å². The third-order valence-electron chi connectivity index (χ3n) is 2.83. The highest BCUT2D eigenvalue weighted by molar-refractivity contribution is 9.10. The van der Waals surface area contributed by atoms with Crippen molar-refractivity contribution >= 4 is 21.6 Å². The molecule has 2 rings (SSSR count). The summed E-state index contributed by atoms with van der Waals surface area (Å²) in [5.74, 6) is -4.25. The second-order valence-electron chi connectivity index (χ2n) is 4.92. The molecule has 128 valence electrons. The summed E-state index contributed by atoms with van der Waals surface area (Å²) >= 11 is 3.19. The summed E-state index contributed by atoms with van der Waals surface area (Å²) in [7, 11) is 0. The number of hydrogen-bond acceptors (Lipinski definition) is 5. The first-order chi connectivity index (χ1) is 11.3. The van der Waals surface area contributed by atoms with E-state index in [0.717, 1.165) is 12.1 Å². The molecule has 3 N–H and O–H groups in total. The van der Waals surface area contributed by atoms with Crippen LogP contribution in [0.5, 0.6) is 6.01 Å². The Morgan fingerprint density at radius 1 is 1.38 bits per heavy atom. The van der Waals surface area contributed by atoms with Crippen LogP contribution in [0.3, 0.4) is 0 Å². The predicted octanol–water partition coefficient (Wildman–Crippen LogP) is 3.78. The minimum Gasteiger partial charge on any atom is -0.457 e. The SMILES string of the molecule is CC(F)(F)c1cc(N/C=C(\N)COc2ncc(Br)cn2)ccc1F. The van der Waals surface area contributed by atoms with Gasteiger partial charge in [-0.3, -0.25) is 0 Å². The molecular weight excluding hydrogens is 389 g/mol. The molecule has 0 fully saturated rings. The monoisotopic (exact) mass is 402 g/mol. The van der Waals surface area contributed by atoms with Crippen LogP contribution in [-0.4, -0.2) is 16.6 Å². The van der Waals surface area contributed by atoms with Crippen LogP contribution in [-0.2, 0) is 5.92 Å². The van der Waals surface area contributed by atoms with Crippen molar-refractivity contribution < 1.29 is 17.9 Å². The first kappa shape index (κ1) is 18.1. The third-order valence-corrected chi connectivity index (χ3v) is 3.24. The van der Waals surface area contributed by atoms with E-state index in [4.69, 9.17) is 10.5 Å². The van der Waals surface area contributed by atoms with Gasteiger partial charge in [0.1, 0.15) is 12.4 Å². The number of nitrogens with zero attached hydrogens (tertiary/aromatic N) is 2. The molecule has 0 saturated heterocycles. The van der Waals surface area contributed by atoms with Gasteiger partial charge >= 0.3 is 6.01 Å². The Balaban J connectivity index is 1.98. The van der Waals surface area contributed by atoms with Gasteiger partial charge in [0.05, 0.1) is 15.7 Å². The van der Waals surface area contributed by atoms with Gasteiger partial charge in [0.15, 0.2) is 0 Å².